The fourth-order valence-electron chi connectivity index (χ4n) is 3.71. The lowest BCUT2D eigenvalue weighted by molar-refractivity contribution is -0.117. The van der Waals surface area contributed by atoms with Crippen molar-refractivity contribution in [2.45, 2.75) is 24.1 Å². The van der Waals surface area contributed by atoms with Crippen molar-refractivity contribution < 1.29 is 17.6 Å². The lowest BCUT2D eigenvalue weighted by atomic mass is 10.1. The van der Waals surface area contributed by atoms with E-state index in [4.69, 9.17) is 0 Å². The maximum Gasteiger partial charge on any atom is 0.252 e. The largest absolute Gasteiger partial charge is 0.346 e. The Hall–Kier alpha value is -2.19. The Bertz CT molecular complexity index is 1020. The van der Waals surface area contributed by atoms with Crippen LogP contribution in [0.3, 0.4) is 0 Å². The molecule has 2 unspecified atom stereocenters. The second-order valence-electron chi connectivity index (χ2n) is 7.32. The molecule has 4 rings (SSSR count). The summed E-state index contributed by atoms with van der Waals surface area (Å²) in [6, 6.07) is 15.5. The molecule has 2 aromatic rings. The smallest absolute Gasteiger partial charge is 0.252 e. The predicted molar refractivity (Wildman–Crippen MR) is 113 cm³/mol. The van der Waals surface area contributed by atoms with Gasteiger partial charge in [-0.1, -0.05) is 54.2 Å². The third-order valence-corrected chi connectivity index (χ3v) is 8.40. The van der Waals surface area contributed by atoms with Crippen LogP contribution in [-0.4, -0.2) is 53.7 Å². The Morgan fingerprint density at radius 3 is 2.52 bits per heavy atom. The molecule has 2 heterocycles. The molecule has 2 fully saturated rings. The Kier molecular flexibility index (Phi) is 5.74. The molecule has 0 N–H and O–H groups in total. The van der Waals surface area contributed by atoms with Gasteiger partial charge in [0.25, 0.3) is 5.91 Å². The fraction of sp³-hybridized carbons (Fsp3) is 0.333. The van der Waals surface area contributed by atoms with Gasteiger partial charge in [-0.15, -0.1) is 0 Å². The van der Waals surface area contributed by atoms with Gasteiger partial charge in [-0.2, -0.15) is 4.99 Å². The third kappa shape index (κ3) is 4.87. The van der Waals surface area contributed by atoms with Crippen molar-refractivity contribution in [3.05, 3.63) is 71.5 Å². The number of halogens is 1. The van der Waals surface area contributed by atoms with Gasteiger partial charge < -0.3 is 4.90 Å². The minimum Gasteiger partial charge on any atom is -0.346 e. The van der Waals surface area contributed by atoms with E-state index < -0.39 is 9.84 Å². The average Bonchev–Trinajstić information content (AvgIpc) is 3.13. The highest BCUT2D eigenvalue weighted by Gasteiger charge is 2.48. The van der Waals surface area contributed by atoms with Crippen molar-refractivity contribution in [1.82, 2.24) is 4.90 Å². The number of rotatable bonds is 5. The molecule has 2 aliphatic heterocycles. The van der Waals surface area contributed by atoms with Crippen molar-refractivity contribution in [2.24, 2.45) is 4.99 Å². The Labute approximate surface area is 173 Å². The van der Waals surface area contributed by atoms with E-state index in [-0.39, 0.29) is 40.9 Å². The zero-order chi connectivity index (χ0) is 20.4. The van der Waals surface area contributed by atoms with Gasteiger partial charge in [-0.3, -0.25) is 4.79 Å². The van der Waals surface area contributed by atoms with Crippen LogP contribution in [0.4, 0.5) is 4.39 Å². The zero-order valence-corrected chi connectivity index (χ0v) is 17.3. The van der Waals surface area contributed by atoms with Crippen LogP contribution < -0.4 is 0 Å². The summed E-state index contributed by atoms with van der Waals surface area (Å²) in [5, 5.41) is 0.495. The molecule has 0 bridgehead atoms. The van der Waals surface area contributed by atoms with Crippen molar-refractivity contribution >= 4 is 32.7 Å². The highest BCUT2D eigenvalue weighted by atomic mass is 32.2. The van der Waals surface area contributed by atoms with Gasteiger partial charge >= 0.3 is 0 Å². The number of fused-ring (bicyclic) bond motifs is 1. The number of hydrogen-bond donors (Lipinski definition) is 0. The molecule has 0 aromatic heterocycles. The Morgan fingerprint density at radius 2 is 1.79 bits per heavy atom. The minimum absolute atomic E-state index is 0.0833. The van der Waals surface area contributed by atoms with E-state index in [1.54, 1.807) is 12.1 Å². The number of amidine groups is 1. The normalized spacial score (nSPS) is 24.0. The second kappa shape index (κ2) is 8.28. The average molecular weight is 433 g/mol. The van der Waals surface area contributed by atoms with Crippen LogP contribution in [0.15, 0.2) is 59.6 Å². The highest BCUT2D eigenvalue weighted by Crippen LogP contribution is 2.38. The summed E-state index contributed by atoms with van der Waals surface area (Å²) in [4.78, 5) is 18.8. The van der Waals surface area contributed by atoms with E-state index >= 15 is 0 Å². The molecule has 8 heteroatoms. The van der Waals surface area contributed by atoms with Gasteiger partial charge in [0.05, 0.1) is 24.0 Å². The zero-order valence-electron chi connectivity index (χ0n) is 15.7. The first-order valence-electron chi connectivity index (χ1n) is 9.43. The number of thioether (sulfide) groups is 1. The topological polar surface area (TPSA) is 66.8 Å². The first-order valence-corrected chi connectivity index (χ1v) is 12.1. The van der Waals surface area contributed by atoms with Gasteiger partial charge in [0.2, 0.25) is 0 Å². The second-order valence-corrected chi connectivity index (χ2v) is 10.7. The number of amides is 1. The summed E-state index contributed by atoms with van der Waals surface area (Å²) >= 11 is 1.38. The fourth-order valence-corrected chi connectivity index (χ4v) is 7.71. The lowest BCUT2D eigenvalue weighted by Crippen LogP contribution is -2.39. The molecule has 0 radical (unpaired) electrons. The van der Waals surface area contributed by atoms with Crippen LogP contribution in [0, 0.1) is 5.82 Å². The summed E-state index contributed by atoms with van der Waals surface area (Å²) in [5.41, 5.74) is 1.85. The molecule has 29 heavy (non-hydrogen) atoms. The van der Waals surface area contributed by atoms with Crippen LogP contribution in [0.2, 0.25) is 0 Å². The van der Waals surface area contributed by atoms with Crippen LogP contribution in [-0.2, 0) is 27.5 Å². The van der Waals surface area contributed by atoms with Gasteiger partial charge in [-0.05, 0) is 29.7 Å². The molecule has 2 aromatic carbocycles. The van der Waals surface area contributed by atoms with E-state index in [9.17, 15) is 17.6 Å². The number of nitrogens with zero attached hydrogens (tertiary/aromatic N) is 2. The number of carbonyl (C=O) groups excluding carboxylic acids is 1. The van der Waals surface area contributed by atoms with Crippen LogP contribution >= 0.6 is 11.8 Å². The molecule has 2 atom stereocenters. The van der Waals surface area contributed by atoms with Crippen molar-refractivity contribution in [3.63, 3.8) is 0 Å². The lowest BCUT2D eigenvalue weighted by Gasteiger charge is -2.24. The van der Waals surface area contributed by atoms with Crippen LogP contribution in [0.1, 0.15) is 11.1 Å². The number of aliphatic imine (C=N–C) groups is 1. The minimum atomic E-state index is -3.08. The summed E-state index contributed by atoms with van der Waals surface area (Å²) < 4.78 is 37.3. The quantitative estimate of drug-likeness (QED) is 0.727. The van der Waals surface area contributed by atoms with Gasteiger partial charge in [0.15, 0.2) is 15.0 Å². The van der Waals surface area contributed by atoms with Crippen LogP contribution in [0.5, 0.6) is 0 Å². The molecule has 0 spiro atoms. The van der Waals surface area contributed by atoms with E-state index in [1.165, 1.54) is 23.9 Å². The maximum absolute atomic E-state index is 13.1. The van der Waals surface area contributed by atoms with Gasteiger partial charge in [0, 0.05) is 11.8 Å². The number of benzene rings is 2. The van der Waals surface area contributed by atoms with E-state index in [0.717, 1.165) is 11.1 Å². The van der Waals surface area contributed by atoms with E-state index in [1.807, 2.05) is 35.2 Å². The molecule has 0 saturated carbocycles. The Morgan fingerprint density at radius 1 is 1.07 bits per heavy atom. The molecule has 1 amide bonds. The highest BCUT2D eigenvalue weighted by molar-refractivity contribution is 8.15. The summed E-state index contributed by atoms with van der Waals surface area (Å²) in [6.07, 6.45) is 0.834. The van der Waals surface area contributed by atoms with Crippen LogP contribution in [0.25, 0.3) is 0 Å². The Balaban J connectivity index is 1.51. The maximum atomic E-state index is 13.1. The monoisotopic (exact) mass is 432 g/mol. The molecular weight excluding hydrogens is 411 g/mol. The first-order chi connectivity index (χ1) is 13.9. The SMILES string of the molecule is O=C(Cc1ccccc1)N=C1SC2CS(=O)(=O)CC2N1CCc1ccc(F)cc1. The van der Waals surface area contributed by atoms with Crippen molar-refractivity contribution in [2.75, 3.05) is 18.1 Å². The summed E-state index contributed by atoms with van der Waals surface area (Å²) in [6.45, 7) is 0.534. The van der Waals surface area contributed by atoms with E-state index in [0.29, 0.717) is 18.1 Å². The molecular formula is C21H21FN2O3S2. The molecule has 5 nitrogen and oxygen atoms in total. The molecule has 0 aliphatic carbocycles. The third-order valence-electron chi connectivity index (χ3n) is 5.15. The number of carbonyl (C=O) groups is 1. The molecule has 2 saturated heterocycles. The van der Waals surface area contributed by atoms with E-state index in [2.05, 4.69) is 4.99 Å². The van der Waals surface area contributed by atoms with Crippen molar-refractivity contribution in [3.8, 4) is 0 Å². The standard InChI is InChI=1S/C21H21FN2O3S2/c22-17-8-6-15(7-9-17)10-11-24-18-13-29(26,27)14-19(18)28-21(24)23-20(25)12-16-4-2-1-3-5-16/h1-9,18-19H,10-14H2. The predicted octanol–water partition coefficient (Wildman–Crippen LogP) is 2.71. The summed E-state index contributed by atoms with van der Waals surface area (Å²) in [5.74, 6) is -0.337. The number of sulfone groups is 1. The van der Waals surface area contributed by atoms with Gasteiger partial charge in [0.1, 0.15) is 5.82 Å². The molecule has 152 valence electrons. The first kappa shape index (κ1) is 20.1. The van der Waals surface area contributed by atoms with Gasteiger partial charge in [-0.25, -0.2) is 12.8 Å². The van der Waals surface area contributed by atoms with Crippen molar-refractivity contribution in [1.29, 1.82) is 0 Å². The number of hydrogen-bond acceptors (Lipinski definition) is 4. The summed E-state index contributed by atoms with van der Waals surface area (Å²) in [7, 11) is -3.08. The molecule has 2 aliphatic rings.